The van der Waals surface area contributed by atoms with Crippen LogP contribution in [0.3, 0.4) is 0 Å². The number of rotatable bonds is 5. The van der Waals surface area contributed by atoms with E-state index in [1.54, 1.807) is 0 Å². The first-order chi connectivity index (χ1) is 12.7. The lowest BCUT2D eigenvalue weighted by molar-refractivity contribution is -0.275. The first kappa shape index (κ1) is 19.2. The Bertz CT molecular complexity index is 885. The second kappa shape index (κ2) is 7.56. The molecule has 12 heteroatoms. The van der Waals surface area contributed by atoms with E-state index in [4.69, 9.17) is 4.74 Å². The van der Waals surface area contributed by atoms with Gasteiger partial charge in [0.15, 0.2) is 0 Å². The lowest BCUT2D eigenvalue weighted by Crippen LogP contribution is -2.37. The Kier molecular flexibility index (Phi) is 5.37. The van der Waals surface area contributed by atoms with Crippen LogP contribution in [0.25, 0.3) is 0 Å². The maximum Gasteiger partial charge on any atom is 0.573 e. The predicted molar refractivity (Wildman–Crippen MR) is 89.0 cm³/mol. The smallest absolute Gasteiger partial charge is 0.404 e. The number of benzene rings is 1. The van der Waals surface area contributed by atoms with Crippen molar-refractivity contribution in [1.29, 1.82) is 0 Å². The summed E-state index contributed by atoms with van der Waals surface area (Å²) in [7, 11) is -4.34. The van der Waals surface area contributed by atoms with E-state index in [9.17, 15) is 21.6 Å². The van der Waals surface area contributed by atoms with E-state index >= 15 is 0 Å². The minimum absolute atomic E-state index is 0.00817. The SMILES string of the molecule is O=S(=O)(Nc1cnc(N2CCOCC2)nc1)c1ccccc1OC(F)(F)F. The fourth-order valence-corrected chi connectivity index (χ4v) is 3.55. The fourth-order valence-electron chi connectivity index (χ4n) is 2.39. The van der Waals surface area contributed by atoms with Gasteiger partial charge in [0.05, 0.1) is 31.3 Å². The van der Waals surface area contributed by atoms with E-state index in [1.165, 1.54) is 24.5 Å². The van der Waals surface area contributed by atoms with Crippen molar-refractivity contribution in [3.8, 4) is 5.75 Å². The Balaban J connectivity index is 1.79. The van der Waals surface area contributed by atoms with Crippen molar-refractivity contribution in [2.24, 2.45) is 0 Å². The molecule has 1 saturated heterocycles. The van der Waals surface area contributed by atoms with E-state index in [1.807, 2.05) is 4.90 Å². The van der Waals surface area contributed by atoms with Gasteiger partial charge in [-0.05, 0) is 12.1 Å². The summed E-state index contributed by atoms with van der Waals surface area (Å²) in [4.78, 5) is 9.38. The molecule has 27 heavy (non-hydrogen) atoms. The second-order valence-corrected chi connectivity index (χ2v) is 7.12. The highest BCUT2D eigenvalue weighted by Gasteiger charge is 2.34. The Morgan fingerprint density at radius 3 is 2.37 bits per heavy atom. The monoisotopic (exact) mass is 404 g/mol. The molecule has 0 aliphatic carbocycles. The maximum atomic E-state index is 12.5. The zero-order valence-corrected chi connectivity index (χ0v) is 14.6. The van der Waals surface area contributed by atoms with E-state index in [0.29, 0.717) is 32.3 Å². The molecule has 1 aromatic carbocycles. The minimum atomic E-state index is -5.02. The Labute approximate surface area is 153 Å². The quantitative estimate of drug-likeness (QED) is 0.815. The predicted octanol–water partition coefficient (Wildman–Crippen LogP) is 2.01. The number of nitrogens with zero attached hydrogens (tertiary/aromatic N) is 3. The molecule has 0 unspecified atom stereocenters. The molecular formula is C15H15F3N4O4S. The van der Waals surface area contributed by atoms with Crippen LogP contribution in [0.15, 0.2) is 41.6 Å². The Morgan fingerprint density at radius 2 is 1.74 bits per heavy atom. The van der Waals surface area contributed by atoms with Crippen molar-refractivity contribution in [2.45, 2.75) is 11.3 Å². The number of morpholine rings is 1. The summed E-state index contributed by atoms with van der Waals surface area (Å²) in [5, 5.41) is 0. The van der Waals surface area contributed by atoms with Gasteiger partial charge in [-0.3, -0.25) is 4.72 Å². The molecule has 8 nitrogen and oxygen atoms in total. The third-order valence-electron chi connectivity index (χ3n) is 3.55. The van der Waals surface area contributed by atoms with Gasteiger partial charge in [-0.2, -0.15) is 0 Å². The highest BCUT2D eigenvalue weighted by Crippen LogP contribution is 2.30. The molecule has 0 amide bonds. The molecule has 0 bridgehead atoms. The van der Waals surface area contributed by atoms with Crippen LogP contribution < -0.4 is 14.4 Å². The molecule has 0 saturated carbocycles. The fraction of sp³-hybridized carbons (Fsp3) is 0.333. The van der Waals surface area contributed by atoms with Gasteiger partial charge in [-0.25, -0.2) is 18.4 Å². The molecule has 1 aromatic heterocycles. The first-order valence-electron chi connectivity index (χ1n) is 7.77. The summed E-state index contributed by atoms with van der Waals surface area (Å²) in [6, 6.07) is 4.45. The number of sulfonamides is 1. The number of ether oxygens (including phenoxy) is 2. The molecule has 1 aliphatic rings. The zero-order chi connectivity index (χ0) is 19.5. The van der Waals surface area contributed by atoms with Crippen LogP contribution in [-0.2, 0) is 14.8 Å². The summed E-state index contributed by atoms with van der Waals surface area (Å²) in [5.41, 5.74) is 0.00817. The Hall–Kier alpha value is -2.60. The maximum absolute atomic E-state index is 12.5. The van der Waals surface area contributed by atoms with Gasteiger partial charge in [0.1, 0.15) is 10.6 Å². The van der Waals surface area contributed by atoms with Gasteiger partial charge < -0.3 is 14.4 Å². The van der Waals surface area contributed by atoms with Crippen molar-refractivity contribution < 1.29 is 31.1 Å². The molecule has 2 aromatic rings. The number of halogens is 3. The van der Waals surface area contributed by atoms with Gasteiger partial charge in [0, 0.05) is 13.1 Å². The average molecular weight is 404 g/mol. The highest BCUT2D eigenvalue weighted by molar-refractivity contribution is 7.92. The van der Waals surface area contributed by atoms with E-state index in [0.717, 1.165) is 12.1 Å². The van der Waals surface area contributed by atoms with Crippen molar-refractivity contribution in [3.05, 3.63) is 36.7 Å². The van der Waals surface area contributed by atoms with Crippen LogP contribution in [0.5, 0.6) is 5.75 Å². The summed E-state index contributed by atoms with van der Waals surface area (Å²) in [6.45, 7) is 2.28. The Morgan fingerprint density at radius 1 is 1.11 bits per heavy atom. The molecule has 2 heterocycles. The van der Waals surface area contributed by atoms with Gasteiger partial charge in [-0.1, -0.05) is 12.1 Å². The molecule has 1 N–H and O–H groups in total. The number of hydrogen-bond acceptors (Lipinski definition) is 7. The number of hydrogen-bond donors (Lipinski definition) is 1. The van der Waals surface area contributed by atoms with Crippen molar-refractivity contribution >= 4 is 21.7 Å². The summed E-state index contributed by atoms with van der Waals surface area (Å²) < 4.78 is 73.5. The van der Waals surface area contributed by atoms with Crippen LogP contribution in [0, 0.1) is 0 Å². The van der Waals surface area contributed by atoms with Gasteiger partial charge in [-0.15, -0.1) is 13.2 Å². The topological polar surface area (TPSA) is 93.7 Å². The normalized spacial score (nSPS) is 15.4. The molecule has 0 spiro atoms. The molecule has 0 atom stereocenters. The molecular weight excluding hydrogens is 389 g/mol. The minimum Gasteiger partial charge on any atom is -0.404 e. The highest BCUT2D eigenvalue weighted by atomic mass is 32.2. The molecule has 3 rings (SSSR count). The summed E-state index contributed by atoms with van der Waals surface area (Å²) in [6.07, 6.45) is -2.54. The van der Waals surface area contributed by atoms with Crippen molar-refractivity contribution in [1.82, 2.24) is 9.97 Å². The average Bonchev–Trinajstić information content (AvgIpc) is 2.62. The van der Waals surface area contributed by atoms with Crippen LogP contribution >= 0.6 is 0 Å². The number of aromatic nitrogens is 2. The van der Waals surface area contributed by atoms with Gasteiger partial charge in [0.2, 0.25) is 5.95 Å². The summed E-state index contributed by atoms with van der Waals surface area (Å²) >= 11 is 0. The van der Waals surface area contributed by atoms with Crippen molar-refractivity contribution in [3.63, 3.8) is 0 Å². The van der Waals surface area contributed by atoms with Gasteiger partial charge >= 0.3 is 6.36 Å². The standard InChI is InChI=1S/C15H15F3N4O4S/c16-15(17,18)26-12-3-1-2-4-13(12)27(23,24)21-11-9-19-14(20-10-11)22-5-7-25-8-6-22/h1-4,9-10,21H,5-8H2. The third kappa shape index (κ3) is 4.98. The lowest BCUT2D eigenvalue weighted by atomic mass is 10.3. The van der Waals surface area contributed by atoms with Crippen LogP contribution in [0.4, 0.5) is 24.8 Å². The van der Waals surface area contributed by atoms with E-state index in [2.05, 4.69) is 19.4 Å². The number of para-hydroxylation sites is 1. The lowest BCUT2D eigenvalue weighted by Gasteiger charge is -2.26. The zero-order valence-electron chi connectivity index (χ0n) is 13.8. The van der Waals surface area contributed by atoms with Crippen molar-refractivity contribution in [2.75, 3.05) is 35.9 Å². The van der Waals surface area contributed by atoms with Crippen LogP contribution in [-0.4, -0.2) is 51.1 Å². The molecule has 1 fully saturated rings. The number of nitrogens with one attached hydrogen (secondary N) is 1. The molecule has 0 radical (unpaired) electrons. The number of alkyl halides is 3. The molecule has 146 valence electrons. The summed E-state index contributed by atoms with van der Waals surface area (Å²) in [5.74, 6) is -0.426. The van der Waals surface area contributed by atoms with E-state index < -0.39 is 27.0 Å². The van der Waals surface area contributed by atoms with E-state index in [-0.39, 0.29) is 5.69 Å². The molecule has 1 aliphatic heterocycles. The van der Waals surface area contributed by atoms with Gasteiger partial charge in [0.25, 0.3) is 10.0 Å². The largest absolute Gasteiger partial charge is 0.573 e. The second-order valence-electron chi connectivity index (χ2n) is 5.47. The van der Waals surface area contributed by atoms with Crippen LogP contribution in [0.1, 0.15) is 0 Å². The van der Waals surface area contributed by atoms with Crippen LogP contribution in [0.2, 0.25) is 0 Å². The number of anilines is 2. The first-order valence-corrected chi connectivity index (χ1v) is 9.25. The third-order valence-corrected chi connectivity index (χ3v) is 4.97.